The Labute approximate surface area is 83.2 Å². The number of rotatable bonds is 2. The number of hydrogen-bond acceptors (Lipinski definition) is 2. The molecule has 14 heavy (non-hydrogen) atoms. The van der Waals surface area contributed by atoms with Crippen molar-refractivity contribution in [3.05, 3.63) is 12.2 Å². The fourth-order valence-electron chi connectivity index (χ4n) is 1.82. The van der Waals surface area contributed by atoms with E-state index < -0.39 is 11.9 Å². The highest BCUT2D eigenvalue weighted by molar-refractivity contribution is 5.88. The van der Waals surface area contributed by atoms with Gasteiger partial charge in [0.25, 0.3) is 0 Å². The number of nitrogens with zero attached hydrogens (tertiary/aromatic N) is 1. The zero-order chi connectivity index (χ0) is 10.7. The molecule has 4 nitrogen and oxygen atoms in total. The molecule has 1 N–H and O–H groups in total. The second-order valence-corrected chi connectivity index (χ2v) is 3.51. The maximum atomic E-state index is 11.5. The first-order chi connectivity index (χ1) is 6.57. The van der Waals surface area contributed by atoms with Crippen LogP contribution in [0.5, 0.6) is 0 Å². The maximum absolute atomic E-state index is 11.5. The van der Waals surface area contributed by atoms with E-state index in [-0.39, 0.29) is 11.9 Å². The van der Waals surface area contributed by atoms with Crippen molar-refractivity contribution in [3.8, 4) is 0 Å². The average Bonchev–Trinajstić information content (AvgIpc) is 2.47. The van der Waals surface area contributed by atoms with Crippen LogP contribution in [0.4, 0.5) is 0 Å². The lowest BCUT2D eigenvalue weighted by atomic mass is 10.0. The molecule has 0 aliphatic carbocycles. The lowest BCUT2D eigenvalue weighted by molar-refractivity contribution is -0.142. The Morgan fingerprint density at radius 3 is 2.57 bits per heavy atom. The summed E-state index contributed by atoms with van der Waals surface area (Å²) in [5.41, 5.74) is 0. The second kappa shape index (κ2) is 4.26. The number of carboxylic acids is 1. The molecule has 0 aromatic heterocycles. The summed E-state index contributed by atoms with van der Waals surface area (Å²) in [7, 11) is 0. The van der Waals surface area contributed by atoms with Crippen LogP contribution < -0.4 is 0 Å². The Bertz CT molecular complexity index is 273. The molecule has 2 atom stereocenters. The van der Waals surface area contributed by atoms with E-state index in [1.807, 2.05) is 0 Å². The van der Waals surface area contributed by atoms with E-state index in [0.29, 0.717) is 13.0 Å². The Hall–Kier alpha value is -1.32. The van der Waals surface area contributed by atoms with E-state index >= 15 is 0 Å². The predicted octanol–water partition coefficient (Wildman–Crippen LogP) is 0.884. The molecule has 1 rings (SSSR count). The van der Waals surface area contributed by atoms with Gasteiger partial charge in [-0.05, 0) is 26.3 Å². The van der Waals surface area contributed by atoms with E-state index in [9.17, 15) is 9.59 Å². The highest BCUT2D eigenvalue weighted by Gasteiger charge is 2.37. The van der Waals surface area contributed by atoms with Crippen molar-refractivity contribution in [1.82, 2.24) is 4.90 Å². The topological polar surface area (TPSA) is 57.6 Å². The Morgan fingerprint density at radius 2 is 2.14 bits per heavy atom. The predicted molar refractivity (Wildman–Crippen MR) is 51.7 cm³/mol. The molecule has 1 aliphatic heterocycles. The van der Waals surface area contributed by atoms with Gasteiger partial charge in [0, 0.05) is 12.6 Å². The second-order valence-electron chi connectivity index (χ2n) is 3.51. The molecule has 0 spiro atoms. The molecule has 1 saturated heterocycles. The number of carbonyl (C=O) groups is 2. The molecule has 2 unspecified atom stereocenters. The van der Waals surface area contributed by atoms with Gasteiger partial charge >= 0.3 is 5.97 Å². The summed E-state index contributed by atoms with van der Waals surface area (Å²) < 4.78 is 0. The first kappa shape index (κ1) is 10.8. The summed E-state index contributed by atoms with van der Waals surface area (Å²) in [6, 6.07) is -0.198. The van der Waals surface area contributed by atoms with Crippen molar-refractivity contribution in [2.45, 2.75) is 26.3 Å². The standard InChI is InChI=1S/C10H15NO3/c1-3-4-9(12)11-6-5-8(7(11)2)10(13)14/h3-4,7-8H,5-6H2,1-2H3,(H,13,14). The summed E-state index contributed by atoms with van der Waals surface area (Å²) >= 11 is 0. The Balaban J connectivity index is 2.68. The summed E-state index contributed by atoms with van der Waals surface area (Å²) in [6.07, 6.45) is 3.70. The molecule has 78 valence electrons. The van der Waals surface area contributed by atoms with Crippen LogP contribution in [0.3, 0.4) is 0 Å². The number of allylic oxidation sites excluding steroid dienone is 1. The van der Waals surface area contributed by atoms with Gasteiger partial charge in [0.2, 0.25) is 5.91 Å². The molecule has 0 saturated carbocycles. The fraction of sp³-hybridized carbons (Fsp3) is 0.600. The molecule has 0 radical (unpaired) electrons. The van der Waals surface area contributed by atoms with E-state index in [4.69, 9.17) is 5.11 Å². The van der Waals surface area contributed by atoms with Crippen molar-refractivity contribution in [1.29, 1.82) is 0 Å². The number of amides is 1. The number of hydrogen-bond donors (Lipinski definition) is 1. The third-order valence-corrected chi connectivity index (χ3v) is 2.66. The van der Waals surface area contributed by atoms with Gasteiger partial charge in [0.1, 0.15) is 0 Å². The van der Waals surface area contributed by atoms with Crippen molar-refractivity contribution in [2.24, 2.45) is 5.92 Å². The SMILES string of the molecule is CC=CC(=O)N1CCC(C(=O)O)C1C. The highest BCUT2D eigenvalue weighted by Crippen LogP contribution is 2.24. The van der Waals surface area contributed by atoms with Crippen LogP contribution in [-0.2, 0) is 9.59 Å². The van der Waals surface area contributed by atoms with Crippen LogP contribution in [0.1, 0.15) is 20.3 Å². The number of carboxylic acid groups (broad SMARTS) is 1. The van der Waals surface area contributed by atoms with Gasteiger partial charge in [0.15, 0.2) is 0 Å². The Kier molecular flexibility index (Phi) is 3.28. The Morgan fingerprint density at radius 1 is 1.50 bits per heavy atom. The molecule has 1 heterocycles. The average molecular weight is 197 g/mol. The molecule has 4 heteroatoms. The third-order valence-electron chi connectivity index (χ3n) is 2.66. The number of likely N-dealkylation sites (tertiary alicyclic amines) is 1. The van der Waals surface area contributed by atoms with Crippen LogP contribution in [0, 0.1) is 5.92 Å². The van der Waals surface area contributed by atoms with Crippen LogP contribution in [0.2, 0.25) is 0 Å². The van der Waals surface area contributed by atoms with Crippen molar-refractivity contribution < 1.29 is 14.7 Å². The quantitative estimate of drug-likeness (QED) is 0.669. The highest BCUT2D eigenvalue weighted by atomic mass is 16.4. The summed E-state index contributed by atoms with van der Waals surface area (Å²) in [4.78, 5) is 23.9. The van der Waals surface area contributed by atoms with Crippen molar-refractivity contribution in [3.63, 3.8) is 0 Å². The van der Waals surface area contributed by atoms with Gasteiger partial charge in [-0.1, -0.05) is 6.08 Å². The number of aliphatic carboxylic acids is 1. The summed E-state index contributed by atoms with van der Waals surface area (Å²) in [5, 5.41) is 8.86. The molecule has 0 aromatic carbocycles. The first-order valence-electron chi connectivity index (χ1n) is 4.74. The van der Waals surface area contributed by atoms with Gasteiger partial charge in [-0.3, -0.25) is 9.59 Å². The lowest BCUT2D eigenvalue weighted by Gasteiger charge is -2.21. The minimum Gasteiger partial charge on any atom is -0.481 e. The first-order valence-corrected chi connectivity index (χ1v) is 4.74. The zero-order valence-electron chi connectivity index (χ0n) is 8.43. The number of carbonyl (C=O) groups excluding carboxylic acids is 1. The normalized spacial score (nSPS) is 27.1. The molecule has 1 fully saturated rings. The van der Waals surface area contributed by atoms with E-state index in [2.05, 4.69) is 0 Å². The molecule has 1 amide bonds. The van der Waals surface area contributed by atoms with Gasteiger partial charge in [-0.15, -0.1) is 0 Å². The molecular formula is C10H15NO3. The summed E-state index contributed by atoms with van der Waals surface area (Å²) in [6.45, 7) is 4.10. The van der Waals surface area contributed by atoms with Crippen LogP contribution in [0.25, 0.3) is 0 Å². The summed E-state index contributed by atoms with van der Waals surface area (Å²) in [5.74, 6) is -1.32. The van der Waals surface area contributed by atoms with E-state index in [0.717, 1.165) is 0 Å². The lowest BCUT2D eigenvalue weighted by Crippen LogP contribution is -2.36. The monoisotopic (exact) mass is 197 g/mol. The van der Waals surface area contributed by atoms with Crippen LogP contribution in [0.15, 0.2) is 12.2 Å². The maximum Gasteiger partial charge on any atom is 0.308 e. The van der Waals surface area contributed by atoms with Crippen LogP contribution in [-0.4, -0.2) is 34.5 Å². The minimum absolute atomic E-state index is 0.0937. The minimum atomic E-state index is -0.812. The smallest absolute Gasteiger partial charge is 0.308 e. The van der Waals surface area contributed by atoms with Gasteiger partial charge in [-0.2, -0.15) is 0 Å². The fourth-order valence-corrected chi connectivity index (χ4v) is 1.82. The van der Waals surface area contributed by atoms with Gasteiger partial charge < -0.3 is 10.0 Å². The van der Waals surface area contributed by atoms with Crippen molar-refractivity contribution in [2.75, 3.05) is 6.54 Å². The largest absolute Gasteiger partial charge is 0.481 e. The molecule has 0 bridgehead atoms. The van der Waals surface area contributed by atoms with E-state index in [1.165, 1.54) is 6.08 Å². The molecular weight excluding hydrogens is 182 g/mol. The molecule has 1 aliphatic rings. The third kappa shape index (κ3) is 1.95. The van der Waals surface area contributed by atoms with Gasteiger partial charge in [-0.25, -0.2) is 0 Å². The van der Waals surface area contributed by atoms with Crippen LogP contribution >= 0.6 is 0 Å². The van der Waals surface area contributed by atoms with Crippen molar-refractivity contribution >= 4 is 11.9 Å². The zero-order valence-corrected chi connectivity index (χ0v) is 8.43. The van der Waals surface area contributed by atoms with E-state index in [1.54, 1.807) is 24.8 Å². The van der Waals surface area contributed by atoms with Gasteiger partial charge in [0.05, 0.1) is 5.92 Å². The molecule has 0 aromatic rings.